The highest BCUT2D eigenvalue weighted by molar-refractivity contribution is 6.02. The van der Waals surface area contributed by atoms with Gasteiger partial charge in [-0.05, 0) is 43.2 Å². The molecule has 2 aromatic carbocycles. The molecule has 1 fully saturated rings. The third-order valence-corrected chi connectivity index (χ3v) is 6.75. The number of primary amides is 1. The summed E-state index contributed by atoms with van der Waals surface area (Å²) in [7, 11) is 0. The van der Waals surface area contributed by atoms with E-state index in [0.717, 1.165) is 43.1 Å². The fraction of sp³-hybridized carbons (Fsp3) is 0.267. The van der Waals surface area contributed by atoms with Gasteiger partial charge >= 0.3 is 0 Å². The summed E-state index contributed by atoms with van der Waals surface area (Å²) in [5.74, 6) is 7.83. The van der Waals surface area contributed by atoms with Gasteiger partial charge in [-0.2, -0.15) is 0 Å². The molecule has 10 heteroatoms. The number of carbonyl (C=O) groups is 1. The first-order valence-corrected chi connectivity index (χ1v) is 13.3. The second kappa shape index (κ2) is 11.9. The number of nitrogen functional groups attached to an aromatic ring is 1. The Kier molecular flexibility index (Phi) is 7.94. The average molecular weight is 538 g/mol. The lowest BCUT2D eigenvalue weighted by atomic mass is 10.00. The van der Waals surface area contributed by atoms with E-state index in [-0.39, 0.29) is 16.9 Å². The molecule has 2 aliphatic rings. The third kappa shape index (κ3) is 5.46. The molecule has 204 valence electrons. The van der Waals surface area contributed by atoms with Crippen molar-refractivity contribution in [2.45, 2.75) is 26.2 Å². The van der Waals surface area contributed by atoms with Crippen LogP contribution >= 0.6 is 0 Å². The first-order chi connectivity index (χ1) is 19.5. The van der Waals surface area contributed by atoms with Crippen LogP contribution in [0.2, 0.25) is 0 Å². The molecule has 10 nitrogen and oxygen atoms in total. The lowest BCUT2D eigenvalue weighted by Crippen LogP contribution is -2.24. The van der Waals surface area contributed by atoms with Crippen LogP contribution in [0.1, 0.15) is 41.5 Å². The van der Waals surface area contributed by atoms with Gasteiger partial charge in [-0.3, -0.25) is 14.2 Å². The van der Waals surface area contributed by atoms with Crippen LogP contribution in [-0.2, 0) is 11.2 Å². The molecule has 0 bridgehead atoms. The Morgan fingerprint density at radius 1 is 1.15 bits per heavy atom. The predicted octanol–water partition coefficient (Wildman–Crippen LogP) is 3.19. The smallest absolute Gasteiger partial charge is 0.267 e. The number of carbonyl (C=O) groups excluding carboxylic acids is 1. The van der Waals surface area contributed by atoms with Crippen molar-refractivity contribution in [1.82, 2.24) is 19.3 Å². The molecule has 0 aliphatic carbocycles. The first kappa shape index (κ1) is 26.7. The molecular formula is C30H31N7O3. The van der Waals surface area contributed by atoms with E-state index < -0.39 is 5.91 Å². The van der Waals surface area contributed by atoms with E-state index in [1.807, 2.05) is 61.5 Å². The van der Waals surface area contributed by atoms with Gasteiger partial charge in [-0.25, -0.2) is 9.67 Å². The summed E-state index contributed by atoms with van der Waals surface area (Å²) >= 11 is 0. The molecule has 4 aromatic rings. The Morgan fingerprint density at radius 3 is 2.65 bits per heavy atom. The molecule has 1 saturated heterocycles. The van der Waals surface area contributed by atoms with Crippen molar-refractivity contribution < 1.29 is 9.53 Å². The monoisotopic (exact) mass is 537 g/mol. The summed E-state index contributed by atoms with van der Waals surface area (Å²) in [5, 5.41) is 7.48. The molecule has 0 atom stereocenters. The van der Waals surface area contributed by atoms with Crippen LogP contribution in [-0.4, -0.2) is 45.0 Å². The number of hydrogen-bond acceptors (Lipinski definition) is 7. The van der Waals surface area contributed by atoms with Crippen LogP contribution in [0.25, 0.3) is 22.8 Å². The third-order valence-electron chi connectivity index (χ3n) is 6.75. The first-order valence-electron chi connectivity index (χ1n) is 13.3. The highest BCUT2D eigenvalue weighted by Gasteiger charge is 2.20. The summed E-state index contributed by atoms with van der Waals surface area (Å²) in [6.07, 6.45) is 6.17. The standard InChI is InChI=1S/C23H22N2O2.C7H9N5O/c1-2-21-24-20-10-6-7-18(12-11-17-13-15-27-16-14-17)22(20)23(26)25(21)19-8-4-3-5-9-19;8-5-4(6(9)13)7-10-2-1-3-12(7)11-5/h3-10,17H,2,13-16H2,1H3;1,3,10H,2H2,(H2,8,11)(H2,9,13). The van der Waals surface area contributed by atoms with E-state index >= 15 is 0 Å². The lowest BCUT2D eigenvalue weighted by Gasteiger charge is -2.16. The van der Waals surface area contributed by atoms with Crippen LogP contribution in [0.3, 0.4) is 0 Å². The molecule has 4 heterocycles. The number of nitrogens with two attached hydrogens (primary N) is 2. The number of aromatic nitrogens is 4. The molecule has 5 N–H and O–H groups in total. The molecule has 0 radical (unpaired) electrons. The van der Waals surface area contributed by atoms with Crippen molar-refractivity contribution in [3.8, 4) is 17.5 Å². The number of fused-ring (bicyclic) bond motifs is 2. The minimum absolute atomic E-state index is 0.0556. The van der Waals surface area contributed by atoms with Crippen LogP contribution < -0.4 is 22.3 Å². The minimum atomic E-state index is -0.568. The predicted molar refractivity (Wildman–Crippen MR) is 156 cm³/mol. The van der Waals surface area contributed by atoms with Gasteiger partial charge in [0.25, 0.3) is 11.5 Å². The number of rotatable bonds is 3. The number of para-hydroxylation sites is 1. The van der Waals surface area contributed by atoms with Gasteiger partial charge < -0.3 is 21.5 Å². The Bertz CT molecular complexity index is 1690. The summed E-state index contributed by atoms with van der Waals surface area (Å²) in [6.45, 7) is 4.18. The van der Waals surface area contributed by atoms with Crippen LogP contribution in [0, 0.1) is 17.8 Å². The fourth-order valence-electron chi connectivity index (χ4n) is 4.76. The van der Waals surface area contributed by atoms with E-state index in [1.54, 1.807) is 10.8 Å². The minimum Gasteiger partial charge on any atom is -0.381 e. The summed E-state index contributed by atoms with van der Waals surface area (Å²) in [5.41, 5.74) is 13.2. The van der Waals surface area contributed by atoms with Gasteiger partial charge in [0.1, 0.15) is 17.2 Å². The van der Waals surface area contributed by atoms with Gasteiger partial charge in [0.15, 0.2) is 5.82 Å². The summed E-state index contributed by atoms with van der Waals surface area (Å²) < 4.78 is 8.61. The van der Waals surface area contributed by atoms with E-state index in [2.05, 4.69) is 22.3 Å². The number of ether oxygens (including phenoxy) is 1. The molecule has 0 unspecified atom stereocenters. The Labute approximate surface area is 231 Å². The molecule has 0 spiro atoms. The van der Waals surface area contributed by atoms with Crippen molar-refractivity contribution in [3.05, 3.63) is 81.9 Å². The van der Waals surface area contributed by atoms with Crippen molar-refractivity contribution >= 4 is 34.6 Å². The molecule has 0 saturated carbocycles. The van der Waals surface area contributed by atoms with Crippen LogP contribution in [0.5, 0.6) is 0 Å². The van der Waals surface area contributed by atoms with Crippen molar-refractivity contribution in [2.24, 2.45) is 11.7 Å². The number of hydrogen-bond donors (Lipinski definition) is 3. The normalized spacial score (nSPS) is 14.3. The summed E-state index contributed by atoms with van der Waals surface area (Å²) in [4.78, 5) is 29.2. The zero-order valence-electron chi connectivity index (χ0n) is 22.3. The number of nitrogens with zero attached hydrogens (tertiary/aromatic N) is 4. The second-order valence-electron chi connectivity index (χ2n) is 9.40. The quantitative estimate of drug-likeness (QED) is 0.341. The van der Waals surface area contributed by atoms with Crippen molar-refractivity contribution in [3.63, 3.8) is 0 Å². The van der Waals surface area contributed by atoms with E-state index in [1.165, 1.54) is 4.68 Å². The van der Waals surface area contributed by atoms with Gasteiger partial charge in [0.05, 0.1) is 16.6 Å². The van der Waals surface area contributed by atoms with Crippen molar-refractivity contribution in [2.75, 3.05) is 30.8 Å². The van der Waals surface area contributed by atoms with Crippen molar-refractivity contribution in [1.29, 1.82) is 0 Å². The maximum Gasteiger partial charge on any atom is 0.267 e. The number of aryl methyl sites for hydroxylation is 1. The Balaban J connectivity index is 0.000000207. The second-order valence-corrected chi connectivity index (χ2v) is 9.40. The lowest BCUT2D eigenvalue weighted by molar-refractivity contribution is 0.0807. The van der Waals surface area contributed by atoms with Gasteiger partial charge in [-0.1, -0.05) is 43.0 Å². The molecule has 40 heavy (non-hydrogen) atoms. The van der Waals surface area contributed by atoms with E-state index in [4.69, 9.17) is 21.2 Å². The molecule has 2 aliphatic heterocycles. The highest BCUT2D eigenvalue weighted by atomic mass is 16.5. The topological polar surface area (TPSA) is 143 Å². The molecule has 2 aromatic heterocycles. The zero-order chi connectivity index (χ0) is 28.1. The Morgan fingerprint density at radius 2 is 1.93 bits per heavy atom. The SMILES string of the molecule is CCc1nc2cccc(C#CC3CCOCC3)c2c(=O)n1-c1ccccc1.NC(=O)c1c(N)nn2c1NCC=C2. The van der Waals surface area contributed by atoms with Gasteiger partial charge in [0, 0.05) is 43.9 Å². The number of benzene rings is 2. The number of amides is 1. The van der Waals surface area contributed by atoms with Gasteiger partial charge in [0.2, 0.25) is 0 Å². The van der Waals surface area contributed by atoms with Gasteiger partial charge in [-0.15, -0.1) is 5.10 Å². The number of nitrogens with one attached hydrogen (secondary N) is 1. The van der Waals surface area contributed by atoms with Crippen LogP contribution in [0.15, 0.2) is 59.4 Å². The number of anilines is 2. The molecule has 6 rings (SSSR count). The molecular weight excluding hydrogens is 506 g/mol. The fourth-order valence-corrected chi connectivity index (χ4v) is 4.76. The molecule has 1 amide bonds. The maximum atomic E-state index is 13.4. The Hall–Kier alpha value is -4.88. The highest BCUT2D eigenvalue weighted by Crippen LogP contribution is 2.23. The summed E-state index contributed by atoms with van der Waals surface area (Å²) in [6, 6.07) is 15.4. The average Bonchev–Trinajstić information content (AvgIpc) is 3.33. The van der Waals surface area contributed by atoms with E-state index in [0.29, 0.717) is 35.6 Å². The van der Waals surface area contributed by atoms with Crippen LogP contribution in [0.4, 0.5) is 11.6 Å². The zero-order valence-corrected chi connectivity index (χ0v) is 22.3. The van der Waals surface area contributed by atoms with E-state index in [9.17, 15) is 9.59 Å². The largest absolute Gasteiger partial charge is 0.381 e. The maximum absolute atomic E-state index is 13.4.